The fraction of sp³-hybridized carbons (Fsp3) is 0.455. The van der Waals surface area contributed by atoms with Crippen LogP contribution in [-0.4, -0.2) is 6.04 Å². The smallest absolute Gasteiger partial charge is 0.00504 e. The lowest BCUT2D eigenvalue weighted by Gasteiger charge is -2.32. The minimum Gasteiger partial charge on any atom is -0.328 e. The second kappa shape index (κ2) is 2.91. The van der Waals surface area contributed by atoms with Crippen LogP contribution in [0.1, 0.15) is 29.9 Å². The van der Waals surface area contributed by atoms with Gasteiger partial charge in [0.25, 0.3) is 0 Å². The van der Waals surface area contributed by atoms with Crippen molar-refractivity contribution in [2.75, 3.05) is 0 Å². The van der Waals surface area contributed by atoms with Crippen molar-refractivity contribution in [1.29, 1.82) is 0 Å². The maximum absolute atomic E-state index is 5.74. The molecule has 1 saturated carbocycles. The van der Waals surface area contributed by atoms with E-state index in [4.69, 9.17) is 5.73 Å². The van der Waals surface area contributed by atoms with E-state index in [-0.39, 0.29) is 0 Å². The van der Waals surface area contributed by atoms with E-state index in [1.807, 2.05) is 0 Å². The molecular weight excluding hydrogens is 146 g/mol. The van der Waals surface area contributed by atoms with Gasteiger partial charge >= 0.3 is 0 Å². The molecule has 1 aliphatic rings. The van der Waals surface area contributed by atoms with Gasteiger partial charge in [0.2, 0.25) is 0 Å². The molecule has 2 rings (SSSR count). The molecule has 1 aliphatic carbocycles. The molecule has 1 nitrogen and oxygen atoms in total. The molecule has 2 N–H and O–H groups in total. The summed E-state index contributed by atoms with van der Waals surface area (Å²) < 4.78 is 0. The van der Waals surface area contributed by atoms with Crippen LogP contribution in [0, 0.1) is 6.92 Å². The molecule has 0 radical (unpaired) electrons. The number of benzene rings is 1. The molecule has 0 saturated heterocycles. The summed E-state index contributed by atoms with van der Waals surface area (Å²) in [6.07, 6.45) is 2.34. The third-order valence-electron chi connectivity index (χ3n) is 2.69. The molecule has 1 heteroatoms. The highest BCUT2D eigenvalue weighted by molar-refractivity contribution is 5.27. The third kappa shape index (κ3) is 1.37. The lowest BCUT2D eigenvalue weighted by molar-refractivity contribution is 0.351. The zero-order valence-corrected chi connectivity index (χ0v) is 7.46. The molecule has 0 spiro atoms. The molecule has 0 bridgehead atoms. The van der Waals surface area contributed by atoms with Gasteiger partial charge in [-0.1, -0.05) is 29.8 Å². The van der Waals surface area contributed by atoms with Crippen molar-refractivity contribution in [3.8, 4) is 0 Å². The molecule has 0 aliphatic heterocycles. The van der Waals surface area contributed by atoms with Crippen LogP contribution < -0.4 is 5.73 Å². The highest BCUT2D eigenvalue weighted by Gasteiger charge is 2.26. The van der Waals surface area contributed by atoms with Crippen LogP contribution in [0.5, 0.6) is 0 Å². The monoisotopic (exact) mass is 161 g/mol. The van der Waals surface area contributed by atoms with Crippen LogP contribution >= 0.6 is 0 Å². The lowest BCUT2D eigenvalue weighted by atomic mass is 9.76. The molecule has 0 heterocycles. The Bertz CT molecular complexity index is 274. The van der Waals surface area contributed by atoms with E-state index >= 15 is 0 Å². The van der Waals surface area contributed by atoms with E-state index < -0.39 is 0 Å². The van der Waals surface area contributed by atoms with Crippen molar-refractivity contribution in [2.24, 2.45) is 5.73 Å². The number of hydrogen-bond donors (Lipinski definition) is 1. The van der Waals surface area contributed by atoms with Crippen molar-refractivity contribution >= 4 is 0 Å². The summed E-state index contributed by atoms with van der Waals surface area (Å²) in [4.78, 5) is 0. The van der Waals surface area contributed by atoms with Crippen molar-refractivity contribution in [3.05, 3.63) is 35.4 Å². The van der Waals surface area contributed by atoms with Gasteiger partial charge in [0.15, 0.2) is 0 Å². The number of rotatable bonds is 1. The van der Waals surface area contributed by atoms with Crippen LogP contribution in [-0.2, 0) is 0 Å². The Balaban J connectivity index is 2.13. The Kier molecular flexibility index (Phi) is 1.89. The van der Waals surface area contributed by atoms with Gasteiger partial charge in [-0.05, 0) is 31.2 Å². The number of aryl methyl sites for hydroxylation is 1. The zero-order chi connectivity index (χ0) is 8.55. The molecular formula is C11H15N. The SMILES string of the molecule is Cc1cccc(C2CC(N)C2)c1. The highest BCUT2D eigenvalue weighted by atomic mass is 14.7. The van der Waals surface area contributed by atoms with Crippen LogP contribution in [0.15, 0.2) is 24.3 Å². The van der Waals surface area contributed by atoms with Gasteiger partial charge in [-0.25, -0.2) is 0 Å². The molecule has 0 unspecified atom stereocenters. The van der Waals surface area contributed by atoms with E-state index in [1.165, 1.54) is 24.0 Å². The van der Waals surface area contributed by atoms with Crippen LogP contribution in [0.4, 0.5) is 0 Å². The predicted molar refractivity (Wildman–Crippen MR) is 51.1 cm³/mol. The fourth-order valence-electron chi connectivity index (χ4n) is 1.86. The van der Waals surface area contributed by atoms with Crippen molar-refractivity contribution in [1.82, 2.24) is 0 Å². The topological polar surface area (TPSA) is 26.0 Å². The minimum absolute atomic E-state index is 0.454. The first kappa shape index (κ1) is 7.81. The molecule has 64 valence electrons. The molecule has 12 heavy (non-hydrogen) atoms. The lowest BCUT2D eigenvalue weighted by Crippen LogP contribution is -2.34. The number of hydrogen-bond acceptors (Lipinski definition) is 1. The molecule has 0 atom stereocenters. The minimum atomic E-state index is 0.454. The second-order valence-electron chi connectivity index (χ2n) is 3.84. The van der Waals surface area contributed by atoms with Gasteiger partial charge < -0.3 is 5.73 Å². The Morgan fingerprint density at radius 2 is 2.08 bits per heavy atom. The highest BCUT2D eigenvalue weighted by Crippen LogP contribution is 2.35. The van der Waals surface area contributed by atoms with E-state index in [9.17, 15) is 0 Å². The van der Waals surface area contributed by atoms with Crippen LogP contribution in [0.2, 0.25) is 0 Å². The third-order valence-corrected chi connectivity index (χ3v) is 2.69. The summed E-state index contributed by atoms with van der Waals surface area (Å²) in [6, 6.07) is 9.21. The molecule has 1 aromatic carbocycles. The zero-order valence-electron chi connectivity index (χ0n) is 7.46. The van der Waals surface area contributed by atoms with Gasteiger partial charge in [-0.15, -0.1) is 0 Å². The Hall–Kier alpha value is -0.820. The average Bonchev–Trinajstić information content (AvgIpc) is 1.99. The Labute approximate surface area is 73.6 Å². The summed E-state index contributed by atoms with van der Waals surface area (Å²) in [5, 5.41) is 0. The largest absolute Gasteiger partial charge is 0.328 e. The standard InChI is InChI=1S/C11H15N/c1-8-3-2-4-9(5-8)10-6-11(12)7-10/h2-5,10-11H,6-7,12H2,1H3. The van der Waals surface area contributed by atoms with Crippen LogP contribution in [0.25, 0.3) is 0 Å². The summed E-state index contributed by atoms with van der Waals surface area (Å²) >= 11 is 0. The van der Waals surface area contributed by atoms with Gasteiger partial charge in [0, 0.05) is 6.04 Å². The molecule has 1 fully saturated rings. The maximum Gasteiger partial charge on any atom is 0.00504 e. The molecule has 0 amide bonds. The molecule has 1 aromatic rings. The first-order valence-electron chi connectivity index (χ1n) is 4.58. The van der Waals surface area contributed by atoms with Gasteiger partial charge in [0.05, 0.1) is 0 Å². The van der Waals surface area contributed by atoms with E-state index in [0.717, 1.165) is 5.92 Å². The van der Waals surface area contributed by atoms with Gasteiger partial charge in [-0.3, -0.25) is 0 Å². The number of nitrogens with two attached hydrogens (primary N) is 1. The average molecular weight is 161 g/mol. The summed E-state index contributed by atoms with van der Waals surface area (Å²) in [6.45, 7) is 2.14. The summed E-state index contributed by atoms with van der Waals surface area (Å²) in [5.41, 5.74) is 8.57. The van der Waals surface area contributed by atoms with Crippen molar-refractivity contribution in [2.45, 2.75) is 31.7 Å². The Morgan fingerprint density at radius 3 is 2.67 bits per heavy atom. The molecule has 0 aromatic heterocycles. The van der Waals surface area contributed by atoms with Gasteiger partial charge in [-0.2, -0.15) is 0 Å². The maximum atomic E-state index is 5.74. The first-order valence-corrected chi connectivity index (χ1v) is 4.58. The van der Waals surface area contributed by atoms with E-state index in [2.05, 4.69) is 31.2 Å². The van der Waals surface area contributed by atoms with Crippen molar-refractivity contribution < 1.29 is 0 Å². The fourth-order valence-corrected chi connectivity index (χ4v) is 1.86. The Morgan fingerprint density at radius 1 is 1.33 bits per heavy atom. The predicted octanol–water partition coefficient (Wildman–Crippen LogP) is 2.20. The summed E-state index contributed by atoms with van der Waals surface area (Å²) in [7, 11) is 0. The second-order valence-corrected chi connectivity index (χ2v) is 3.84. The van der Waals surface area contributed by atoms with Crippen LogP contribution in [0.3, 0.4) is 0 Å². The van der Waals surface area contributed by atoms with Crippen molar-refractivity contribution in [3.63, 3.8) is 0 Å². The van der Waals surface area contributed by atoms with E-state index in [0.29, 0.717) is 6.04 Å². The first-order chi connectivity index (χ1) is 5.75. The van der Waals surface area contributed by atoms with Gasteiger partial charge in [0.1, 0.15) is 0 Å². The quantitative estimate of drug-likeness (QED) is 0.671. The van der Waals surface area contributed by atoms with E-state index in [1.54, 1.807) is 0 Å². The normalized spacial score (nSPS) is 28.2. The summed E-state index contributed by atoms with van der Waals surface area (Å²) in [5.74, 6) is 0.736.